The van der Waals surface area contributed by atoms with E-state index < -0.39 is 5.41 Å². The van der Waals surface area contributed by atoms with Crippen molar-refractivity contribution in [1.82, 2.24) is 4.57 Å². The van der Waals surface area contributed by atoms with Crippen molar-refractivity contribution < 1.29 is 0 Å². The summed E-state index contributed by atoms with van der Waals surface area (Å²) in [6, 6.07) is 59.1. The zero-order valence-corrected chi connectivity index (χ0v) is 26.9. The Labute approximate surface area is 280 Å². The minimum absolute atomic E-state index is 0.0871. The molecule has 0 unspecified atom stereocenters. The SMILES string of the molecule is CC1(C)c2ccccc2-n2c3ccc(N4c5ccccc5C5(c6ccccc6-c6ccccc65)c5ccccc54)cc3c3cccc1c32. The zero-order valence-electron chi connectivity index (χ0n) is 26.9. The number of anilines is 3. The van der Waals surface area contributed by atoms with Gasteiger partial charge in [0, 0.05) is 21.9 Å². The molecular weight excluding hydrogens is 581 g/mol. The van der Waals surface area contributed by atoms with Crippen LogP contribution in [-0.4, -0.2) is 4.57 Å². The van der Waals surface area contributed by atoms with Crippen molar-refractivity contribution in [3.8, 4) is 16.8 Å². The minimum Gasteiger partial charge on any atom is -0.310 e. The van der Waals surface area contributed by atoms with Crippen LogP contribution in [0.25, 0.3) is 38.6 Å². The lowest BCUT2D eigenvalue weighted by atomic mass is 9.64. The van der Waals surface area contributed by atoms with E-state index >= 15 is 0 Å². The average Bonchev–Trinajstić information content (AvgIpc) is 3.62. The van der Waals surface area contributed by atoms with Crippen LogP contribution in [0.1, 0.15) is 47.2 Å². The Balaban J connectivity index is 1.21. The molecule has 0 saturated carbocycles. The monoisotopic (exact) mass is 612 g/mol. The molecule has 3 heterocycles. The maximum absolute atomic E-state index is 2.50. The summed E-state index contributed by atoms with van der Waals surface area (Å²) in [6.07, 6.45) is 0. The number of nitrogens with zero attached hydrogens (tertiary/aromatic N) is 2. The van der Waals surface area contributed by atoms with Gasteiger partial charge in [0.25, 0.3) is 0 Å². The molecule has 0 N–H and O–H groups in total. The molecule has 1 aliphatic carbocycles. The molecular formula is C46H32N2. The molecule has 3 aliphatic rings. The highest BCUT2D eigenvalue weighted by molar-refractivity contribution is 6.13. The molecule has 1 spiro atoms. The van der Waals surface area contributed by atoms with Gasteiger partial charge >= 0.3 is 0 Å². The Kier molecular flexibility index (Phi) is 4.88. The standard InChI is InChI=1S/C46H32N2/c1-45(2)36-19-7-10-23-41(36)48-40-27-26-29(28-33(40)32-16-13-22-39(45)44(32)48)47-42-24-11-8-20-37(42)46(38-21-9-12-25-43(38)47)34-17-5-3-14-30(34)31-15-4-6-18-35(31)46/h3-28H,1-2H3. The van der Waals surface area contributed by atoms with Crippen molar-refractivity contribution in [2.45, 2.75) is 24.7 Å². The molecule has 0 amide bonds. The number of para-hydroxylation sites is 4. The van der Waals surface area contributed by atoms with Crippen molar-refractivity contribution in [2.24, 2.45) is 0 Å². The van der Waals surface area contributed by atoms with Crippen LogP contribution in [0.3, 0.4) is 0 Å². The Morgan fingerprint density at radius 3 is 1.58 bits per heavy atom. The van der Waals surface area contributed by atoms with Crippen LogP contribution < -0.4 is 4.90 Å². The third-order valence-electron chi connectivity index (χ3n) is 11.6. The predicted molar refractivity (Wildman–Crippen MR) is 198 cm³/mol. The number of benzene rings is 7. The van der Waals surface area contributed by atoms with Crippen LogP contribution >= 0.6 is 0 Å². The normalized spacial score (nSPS) is 15.6. The summed E-state index contributed by atoms with van der Waals surface area (Å²) in [6.45, 7) is 4.73. The second-order valence-electron chi connectivity index (χ2n) is 14.1. The van der Waals surface area contributed by atoms with Crippen LogP contribution in [0.5, 0.6) is 0 Å². The smallest absolute Gasteiger partial charge is 0.0754 e. The van der Waals surface area contributed by atoms with E-state index in [0.717, 1.165) is 0 Å². The van der Waals surface area contributed by atoms with E-state index in [2.05, 4.69) is 181 Å². The fraction of sp³-hybridized carbons (Fsp3) is 0.0870. The van der Waals surface area contributed by atoms with Gasteiger partial charge in [0.05, 0.1) is 33.5 Å². The quantitative estimate of drug-likeness (QED) is 0.179. The van der Waals surface area contributed by atoms with Gasteiger partial charge < -0.3 is 9.47 Å². The van der Waals surface area contributed by atoms with E-state index in [1.54, 1.807) is 0 Å². The highest BCUT2D eigenvalue weighted by Gasteiger charge is 2.51. The van der Waals surface area contributed by atoms with Gasteiger partial charge in [-0.15, -0.1) is 0 Å². The summed E-state index contributed by atoms with van der Waals surface area (Å²) in [7, 11) is 0. The summed E-state index contributed by atoms with van der Waals surface area (Å²) in [5.41, 5.74) is 17.7. The van der Waals surface area contributed by atoms with Crippen molar-refractivity contribution in [1.29, 1.82) is 0 Å². The van der Waals surface area contributed by atoms with Crippen molar-refractivity contribution >= 4 is 38.9 Å². The Morgan fingerprint density at radius 1 is 0.417 bits per heavy atom. The fourth-order valence-electron chi connectivity index (χ4n) is 9.63. The van der Waals surface area contributed by atoms with Gasteiger partial charge in [0.1, 0.15) is 0 Å². The molecule has 11 rings (SSSR count). The summed E-state index contributed by atoms with van der Waals surface area (Å²) in [4.78, 5) is 2.50. The zero-order chi connectivity index (χ0) is 31.8. The average molecular weight is 613 g/mol. The summed E-state index contributed by atoms with van der Waals surface area (Å²) < 4.78 is 2.50. The maximum Gasteiger partial charge on any atom is 0.0754 e. The van der Waals surface area contributed by atoms with Crippen LogP contribution in [-0.2, 0) is 10.8 Å². The molecule has 0 fully saturated rings. The topological polar surface area (TPSA) is 8.17 Å². The van der Waals surface area contributed by atoms with E-state index in [9.17, 15) is 0 Å². The second-order valence-corrected chi connectivity index (χ2v) is 14.1. The molecule has 0 atom stereocenters. The van der Waals surface area contributed by atoms with E-state index in [-0.39, 0.29) is 5.41 Å². The molecule has 2 nitrogen and oxygen atoms in total. The lowest BCUT2D eigenvalue weighted by molar-refractivity contribution is 0.630. The van der Waals surface area contributed by atoms with Crippen molar-refractivity contribution in [2.75, 3.05) is 4.90 Å². The Bertz CT molecular complexity index is 2580. The van der Waals surface area contributed by atoms with Crippen molar-refractivity contribution in [3.05, 3.63) is 191 Å². The third-order valence-corrected chi connectivity index (χ3v) is 11.6. The molecule has 48 heavy (non-hydrogen) atoms. The number of fused-ring (bicyclic) bond motifs is 14. The third kappa shape index (κ3) is 2.96. The first-order valence-electron chi connectivity index (χ1n) is 17.0. The van der Waals surface area contributed by atoms with Gasteiger partial charge in [-0.2, -0.15) is 0 Å². The van der Waals surface area contributed by atoms with Gasteiger partial charge in [-0.1, -0.05) is 135 Å². The van der Waals surface area contributed by atoms with Gasteiger partial charge in [-0.3, -0.25) is 0 Å². The first-order chi connectivity index (χ1) is 23.6. The summed E-state index contributed by atoms with van der Waals surface area (Å²) >= 11 is 0. The van der Waals surface area contributed by atoms with Crippen molar-refractivity contribution in [3.63, 3.8) is 0 Å². The summed E-state index contributed by atoms with van der Waals surface area (Å²) in [5.74, 6) is 0. The van der Waals surface area contributed by atoms with Crippen LogP contribution in [0.15, 0.2) is 158 Å². The number of hydrogen-bond donors (Lipinski definition) is 0. The van der Waals surface area contributed by atoms with E-state index in [0.29, 0.717) is 0 Å². The molecule has 7 aromatic carbocycles. The number of aromatic nitrogens is 1. The van der Waals surface area contributed by atoms with Crippen LogP contribution in [0.2, 0.25) is 0 Å². The molecule has 0 radical (unpaired) electrons. The molecule has 8 aromatic rings. The maximum atomic E-state index is 2.50. The number of rotatable bonds is 1. The number of hydrogen-bond acceptors (Lipinski definition) is 1. The van der Waals surface area contributed by atoms with Crippen LogP contribution in [0, 0.1) is 0 Å². The lowest BCUT2D eigenvalue weighted by Gasteiger charge is -2.45. The van der Waals surface area contributed by atoms with Gasteiger partial charge in [-0.05, 0) is 80.9 Å². The van der Waals surface area contributed by atoms with Crippen LogP contribution in [0.4, 0.5) is 17.1 Å². The van der Waals surface area contributed by atoms with Gasteiger partial charge in [0.2, 0.25) is 0 Å². The molecule has 0 bridgehead atoms. The second kappa shape index (κ2) is 8.93. The van der Waals surface area contributed by atoms with E-state index in [4.69, 9.17) is 0 Å². The molecule has 2 aliphatic heterocycles. The van der Waals surface area contributed by atoms with E-state index in [1.165, 1.54) is 89.1 Å². The predicted octanol–water partition coefficient (Wildman–Crippen LogP) is 11.6. The highest BCUT2D eigenvalue weighted by atomic mass is 15.2. The minimum atomic E-state index is -0.403. The summed E-state index contributed by atoms with van der Waals surface area (Å²) in [5, 5.41) is 2.59. The lowest BCUT2D eigenvalue weighted by Crippen LogP contribution is -2.36. The van der Waals surface area contributed by atoms with E-state index in [1.807, 2.05) is 0 Å². The van der Waals surface area contributed by atoms with Gasteiger partial charge in [-0.25, -0.2) is 0 Å². The molecule has 0 saturated heterocycles. The largest absolute Gasteiger partial charge is 0.310 e. The highest BCUT2D eigenvalue weighted by Crippen LogP contribution is 2.63. The Morgan fingerprint density at radius 2 is 0.938 bits per heavy atom. The first-order valence-corrected chi connectivity index (χ1v) is 17.0. The van der Waals surface area contributed by atoms with Gasteiger partial charge in [0.15, 0.2) is 0 Å². The molecule has 2 heteroatoms. The molecule has 1 aromatic heterocycles. The molecule has 226 valence electrons. The fourth-order valence-corrected chi connectivity index (χ4v) is 9.63. The Hall–Kier alpha value is -5.86. The first kappa shape index (κ1) is 26.2.